The lowest BCUT2D eigenvalue weighted by molar-refractivity contribution is -0.118. The Morgan fingerprint density at radius 2 is 1.61 bits per heavy atom. The van der Waals surface area contributed by atoms with Crippen molar-refractivity contribution in [3.63, 3.8) is 0 Å². The quantitative estimate of drug-likeness (QED) is 0.212. The number of carbonyl (C=O) groups excluding carboxylic acids is 1. The monoisotopic (exact) mass is 630 g/mol. The van der Waals surface area contributed by atoms with Crippen LogP contribution >= 0.6 is 11.3 Å². The number of aromatic nitrogens is 3. The SMILES string of the molecule is CC1(C)CC(=O)C2=C(C1)N(c1nc(-c3ccc(F)cc3)cs1)C(N)=C(C#N)C2c1cn(-c2ccccc2)nc1-c1ccc(F)cc1. The minimum Gasteiger partial charge on any atom is -0.384 e. The van der Waals surface area contributed by atoms with Crippen LogP contribution in [-0.4, -0.2) is 20.5 Å². The van der Waals surface area contributed by atoms with Gasteiger partial charge in [0.05, 0.1) is 34.6 Å². The number of nitriles is 1. The first kappa shape index (κ1) is 29.3. The van der Waals surface area contributed by atoms with Gasteiger partial charge in [-0.15, -0.1) is 11.3 Å². The molecular weight excluding hydrogens is 603 g/mol. The molecule has 1 aliphatic heterocycles. The third-order valence-corrected chi connectivity index (χ3v) is 9.22. The minimum atomic E-state index is -0.811. The molecule has 0 radical (unpaired) electrons. The number of para-hydroxylation sites is 1. The number of thiazole rings is 1. The van der Waals surface area contributed by atoms with Crippen LogP contribution < -0.4 is 10.6 Å². The highest BCUT2D eigenvalue weighted by molar-refractivity contribution is 7.14. The Morgan fingerprint density at radius 1 is 0.957 bits per heavy atom. The molecule has 7 rings (SSSR count). The number of anilines is 1. The molecule has 1 unspecified atom stereocenters. The standard InChI is InChI=1S/C36H28F2N6OS/c1-36(2)16-29-32(30(45)17-36)31(26(18-39)34(40)44(29)35-41-28(20-46-35)21-8-12-23(37)13-9-21)27-19-43(25-6-4-3-5-7-25)42-33(27)22-10-14-24(38)15-11-22/h3-15,19-20,31H,16-17,40H2,1-2H3. The number of rotatable bonds is 5. The van der Waals surface area contributed by atoms with E-state index in [2.05, 4.69) is 6.07 Å². The van der Waals surface area contributed by atoms with Gasteiger partial charge in [-0.05, 0) is 72.5 Å². The van der Waals surface area contributed by atoms with Crippen molar-refractivity contribution >= 4 is 22.3 Å². The number of benzene rings is 3. The van der Waals surface area contributed by atoms with Crippen LogP contribution in [-0.2, 0) is 4.79 Å². The molecule has 228 valence electrons. The van der Waals surface area contributed by atoms with Crippen molar-refractivity contribution in [3.8, 4) is 34.3 Å². The summed E-state index contributed by atoms with van der Waals surface area (Å²) >= 11 is 1.33. The number of hydrogen-bond donors (Lipinski definition) is 1. The average molecular weight is 631 g/mol. The van der Waals surface area contributed by atoms with E-state index < -0.39 is 5.92 Å². The molecule has 1 atom stereocenters. The first-order valence-electron chi connectivity index (χ1n) is 14.7. The lowest BCUT2D eigenvalue weighted by Gasteiger charge is -2.42. The summed E-state index contributed by atoms with van der Waals surface area (Å²) in [6.45, 7) is 4.06. The van der Waals surface area contributed by atoms with Gasteiger partial charge in [-0.25, -0.2) is 18.4 Å². The fourth-order valence-corrected chi connectivity index (χ4v) is 7.17. The van der Waals surface area contributed by atoms with Gasteiger partial charge in [-0.3, -0.25) is 9.69 Å². The highest BCUT2D eigenvalue weighted by Gasteiger charge is 2.46. The number of Topliss-reactive ketones (excluding diaryl/α,β-unsaturated/α-hetero) is 1. The third kappa shape index (κ3) is 5.08. The van der Waals surface area contributed by atoms with Gasteiger partial charge < -0.3 is 5.73 Å². The van der Waals surface area contributed by atoms with Crippen LogP contribution in [0.5, 0.6) is 0 Å². The van der Waals surface area contributed by atoms with Crippen LogP contribution in [0.3, 0.4) is 0 Å². The number of carbonyl (C=O) groups is 1. The zero-order chi connectivity index (χ0) is 32.2. The summed E-state index contributed by atoms with van der Waals surface area (Å²) in [4.78, 5) is 20.8. The third-order valence-electron chi connectivity index (χ3n) is 8.40. The van der Waals surface area contributed by atoms with Crippen molar-refractivity contribution < 1.29 is 13.6 Å². The molecule has 3 aromatic carbocycles. The summed E-state index contributed by atoms with van der Waals surface area (Å²) in [6, 6.07) is 23.9. The first-order valence-corrected chi connectivity index (χ1v) is 15.6. The molecule has 7 nitrogen and oxygen atoms in total. The van der Waals surface area contributed by atoms with Crippen molar-refractivity contribution in [3.05, 3.63) is 130 Å². The highest BCUT2D eigenvalue weighted by Crippen LogP contribution is 2.52. The highest BCUT2D eigenvalue weighted by atomic mass is 32.1. The lowest BCUT2D eigenvalue weighted by atomic mass is 9.68. The molecule has 0 saturated heterocycles. The normalized spacial score (nSPS) is 17.7. The molecule has 0 bridgehead atoms. The number of ketones is 1. The summed E-state index contributed by atoms with van der Waals surface area (Å²) in [5.41, 5.74) is 11.8. The van der Waals surface area contributed by atoms with Gasteiger partial charge >= 0.3 is 0 Å². The number of halogens is 2. The van der Waals surface area contributed by atoms with Gasteiger partial charge in [0.1, 0.15) is 17.5 Å². The Bertz CT molecular complexity index is 2090. The van der Waals surface area contributed by atoms with Crippen molar-refractivity contribution in [2.45, 2.75) is 32.6 Å². The summed E-state index contributed by atoms with van der Waals surface area (Å²) < 4.78 is 29.3. The van der Waals surface area contributed by atoms with E-state index >= 15 is 0 Å². The average Bonchev–Trinajstić information content (AvgIpc) is 3.70. The Balaban J connectivity index is 1.44. The molecule has 0 saturated carbocycles. The van der Waals surface area contributed by atoms with E-state index in [1.165, 1.54) is 35.6 Å². The number of nitrogens with zero attached hydrogens (tertiary/aromatic N) is 5. The predicted octanol–water partition coefficient (Wildman–Crippen LogP) is 7.88. The molecule has 10 heteroatoms. The van der Waals surface area contributed by atoms with Crippen LogP contribution in [0.25, 0.3) is 28.2 Å². The first-order chi connectivity index (χ1) is 22.1. The van der Waals surface area contributed by atoms with Gasteiger partial charge in [0.25, 0.3) is 0 Å². The topological polar surface area (TPSA) is 101 Å². The summed E-state index contributed by atoms with van der Waals surface area (Å²) in [7, 11) is 0. The summed E-state index contributed by atoms with van der Waals surface area (Å²) in [6.07, 6.45) is 2.62. The zero-order valence-electron chi connectivity index (χ0n) is 25.0. The van der Waals surface area contributed by atoms with Crippen LogP contribution in [0, 0.1) is 28.4 Å². The largest absolute Gasteiger partial charge is 0.384 e. The lowest BCUT2D eigenvalue weighted by Crippen LogP contribution is -2.42. The van der Waals surface area contributed by atoms with E-state index in [0.717, 1.165) is 11.3 Å². The van der Waals surface area contributed by atoms with Crippen molar-refractivity contribution in [2.75, 3.05) is 4.90 Å². The Morgan fingerprint density at radius 3 is 2.26 bits per heavy atom. The summed E-state index contributed by atoms with van der Waals surface area (Å²) in [5.74, 6) is -1.46. The second kappa shape index (κ2) is 11.2. The smallest absolute Gasteiger partial charge is 0.195 e. The maximum Gasteiger partial charge on any atom is 0.195 e. The molecule has 2 aromatic heterocycles. The van der Waals surface area contributed by atoms with Gasteiger partial charge in [-0.2, -0.15) is 10.4 Å². The van der Waals surface area contributed by atoms with E-state index in [1.807, 2.05) is 55.8 Å². The van der Waals surface area contributed by atoms with Crippen LogP contribution in [0.1, 0.15) is 38.2 Å². The number of nitrogens with two attached hydrogens (primary N) is 1. The van der Waals surface area contributed by atoms with Gasteiger partial charge in [-0.1, -0.05) is 32.0 Å². The molecule has 2 aliphatic rings. The van der Waals surface area contributed by atoms with Crippen molar-refractivity contribution in [1.29, 1.82) is 5.26 Å². The Hall–Kier alpha value is -5.40. The van der Waals surface area contributed by atoms with Crippen LogP contribution in [0.15, 0.2) is 113 Å². The Labute approximate surface area is 268 Å². The van der Waals surface area contributed by atoms with Crippen LogP contribution in [0.4, 0.5) is 13.9 Å². The second-order valence-electron chi connectivity index (χ2n) is 12.2. The molecule has 5 aromatic rings. The van der Waals surface area contributed by atoms with Crippen molar-refractivity contribution in [1.82, 2.24) is 14.8 Å². The maximum absolute atomic E-state index is 14.2. The second-order valence-corrected chi connectivity index (χ2v) is 13.1. The molecule has 3 heterocycles. The predicted molar refractivity (Wildman–Crippen MR) is 174 cm³/mol. The molecular formula is C36H28F2N6OS. The summed E-state index contributed by atoms with van der Waals surface area (Å²) in [5, 5.41) is 17.9. The van der Waals surface area contributed by atoms with Crippen LogP contribution in [0.2, 0.25) is 0 Å². The number of allylic oxidation sites excluding steroid dienone is 3. The zero-order valence-corrected chi connectivity index (χ0v) is 25.9. The van der Waals surface area contributed by atoms with Gasteiger partial charge in [0.2, 0.25) is 0 Å². The molecule has 0 amide bonds. The fourth-order valence-electron chi connectivity index (χ4n) is 6.30. The van der Waals surface area contributed by atoms with E-state index in [1.54, 1.807) is 33.8 Å². The molecule has 2 N–H and O–H groups in total. The molecule has 1 aliphatic carbocycles. The maximum atomic E-state index is 14.2. The van der Waals surface area contributed by atoms with E-state index in [0.29, 0.717) is 45.3 Å². The Kier molecular flexibility index (Phi) is 7.13. The number of hydrogen-bond acceptors (Lipinski definition) is 7. The van der Waals surface area contributed by atoms with Gasteiger partial charge in [0, 0.05) is 46.0 Å². The fraction of sp³-hybridized carbons (Fsp3) is 0.167. The van der Waals surface area contributed by atoms with E-state index in [-0.39, 0.29) is 40.6 Å². The molecule has 46 heavy (non-hydrogen) atoms. The van der Waals surface area contributed by atoms with Gasteiger partial charge in [0.15, 0.2) is 10.9 Å². The minimum absolute atomic E-state index is 0.0886. The molecule has 0 spiro atoms. The molecule has 0 fully saturated rings. The van der Waals surface area contributed by atoms with Crippen molar-refractivity contribution in [2.24, 2.45) is 11.1 Å². The van der Waals surface area contributed by atoms with E-state index in [4.69, 9.17) is 15.8 Å². The van der Waals surface area contributed by atoms with E-state index in [9.17, 15) is 18.8 Å².